The molecule has 0 saturated carbocycles. The Labute approximate surface area is 120 Å². The maximum atomic E-state index is 2.18. The van der Waals surface area contributed by atoms with Crippen LogP contribution in [0.1, 0.15) is 0 Å². The first-order chi connectivity index (χ1) is 6.95. The largest absolute Gasteiger partial charge is 3.00 e. The molecule has 72 valence electrons. The molecule has 3 rings (SSSR count). The van der Waals surface area contributed by atoms with Crippen molar-refractivity contribution in [3.05, 3.63) is 60.7 Å². The van der Waals surface area contributed by atoms with Crippen molar-refractivity contribution in [2.45, 2.75) is 0 Å². The van der Waals surface area contributed by atoms with Gasteiger partial charge in [0.2, 0.25) is 0 Å². The van der Waals surface area contributed by atoms with Crippen molar-refractivity contribution in [2.75, 3.05) is 0 Å². The van der Waals surface area contributed by atoms with Gasteiger partial charge in [-0.25, -0.2) is 0 Å². The van der Waals surface area contributed by atoms with Crippen LogP contribution < -0.4 is 0 Å². The van der Waals surface area contributed by atoms with Crippen LogP contribution >= 0.6 is 0 Å². The zero-order chi connectivity index (χ0) is 9.38. The summed E-state index contributed by atoms with van der Waals surface area (Å²) in [6, 6.07) is 21.4. The van der Waals surface area contributed by atoms with E-state index in [4.69, 9.17) is 0 Å². The van der Waals surface area contributed by atoms with Gasteiger partial charge in [0.05, 0.1) is 0 Å². The maximum Gasteiger partial charge on any atom is 3.00 e. The summed E-state index contributed by atoms with van der Waals surface area (Å²) in [5, 5.41) is 5.30. The zero-order valence-corrected chi connectivity index (χ0v) is 10.2. The Bertz CT molecular complexity index is 544. The Morgan fingerprint density at radius 3 is 1.33 bits per heavy atom. The number of hydrogen-bond donors (Lipinski definition) is 0. The smallest absolute Gasteiger partial charge is 0.0616 e. The number of benzene rings is 3. The van der Waals surface area contributed by atoms with Crippen LogP contribution in [0.25, 0.3) is 21.5 Å². The molecular formula is C14H10Tb+3. The van der Waals surface area contributed by atoms with Gasteiger partial charge < -0.3 is 0 Å². The van der Waals surface area contributed by atoms with Gasteiger partial charge in [-0.2, -0.15) is 0 Å². The van der Waals surface area contributed by atoms with E-state index in [1.54, 1.807) is 0 Å². The van der Waals surface area contributed by atoms with E-state index in [1.165, 1.54) is 21.5 Å². The van der Waals surface area contributed by atoms with E-state index in [0.29, 0.717) is 0 Å². The predicted molar refractivity (Wildman–Crippen MR) is 61.5 cm³/mol. The minimum absolute atomic E-state index is 0. The molecule has 0 fully saturated rings. The Balaban J connectivity index is 0.000000853. The first-order valence-electron chi connectivity index (χ1n) is 4.82. The molecule has 0 unspecified atom stereocenters. The zero-order valence-electron chi connectivity index (χ0n) is 8.11. The third-order valence-electron chi connectivity index (χ3n) is 2.65. The third-order valence-corrected chi connectivity index (χ3v) is 2.65. The molecule has 0 heterocycles. The van der Waals surface area contributed by atoms with Crippen LogP contribution in [0.3, 0.4) is 0 Å². The molecule has 0 radical (unpaired) electrons. The molecule has 0 aliphatic carbocycles. The molecule has 0 aliphatic rings. The van der Waals surface area contributed by atoms with Crippen LogP contribution in [0.2, 0.25) is 0 Å². The van der Waals surface area contributed by atoms with Crippen molar-refractivity contribution < 1.29 is 38.6 Å². The molecule has 0 bridgehead atoms. The summed E-state index contributed by atoms with van der Waals surface area (Å²) < 4.78 is 0. The van der Waals surface area contributed by atoms with Crippen molar-refractivity contribution in [3.8, 4) is 0 Å². The van der Waals surface area contributed by atoms with Gasteiger partial charge in [-0.3, -0.25) is 0 Å². The van der Waals surface area contributed by atoms with Gasteiger partial charge in [0, 0.05) is 0 Å². The fourth-order valence-corrected chi connectivity index (χ4v) is 1.95. The van der Waals surface area contributed by atoms with Gasteiger partial charge in [-0.05, 0) is 21.5 Å². The second-order valence-corrected chi connectivity index (χ2v) is 3.51. The summed E-state index contributed by atoms with van der Waals surface area (Å²) in [7, 11) is 0. The van der Waals surface area contributed by atoms with Gasteiger partial charge in [0.1, 0.15) is 0 Å². The summed E-state index contributed by atoms with van der Waals surface area (Å²) in [5.41, 5.74) is 0. The van der Waals surface area contributed by atoms with Gasteiger partial charge in [-0.1, -0.05) is 60.7 Å². The van der Waals surface area contributed by atoms with E-state index in [1.807, 2.05) is 0 Å². The number of fused-ring (bicyclic) bond motifs is 3. The standard InChI is InChI=1S/C14H10.Tb/c1-3-7-13-11(5-1)9-10-12-6-2-4-8-14(12)13;/h1-10H;/q;+3. The van der Waals surface area contributed by atoms with Crippen molar-refractivity contribution in [1.82, 2.24) is 0 Å². The maximum absolute atomic E-state index is 2.18. The van der Waals surface area contributed by atoms with E-state index in [0.717, 1.165) is 0 Å². The van der Waals surface area contributed by atoms with Crippen molar-refractivity contribution >= 4 is 21.5 Å². The minimum atomic E-state index is 0. The number of rotatable bonds is 0. The Morgan fingerprint density at radius 2 is 0.867 bits per heavy atom. The van der Waals surface area contributed by atoms with Gasteiger partial charge in [0.15, 0.2) is 0 Å². The van der Waals surface area contributed by atoms with Crippen molar-refractivity contribution in [2.24, 2.45) is 0 Å². The quantitative estimate of drug-likeness (QED) is 0.544. The molecule has 0 aliphatic heterocycles. The van der Waals surface area contributed by atoms with E-state index >= 15 is 0 Å². The topological polar surface area (TPSA) is 0 Å². The summed E-state index contributed by atoms with van der Waals surface area (Å²) in [4.78, 5) is 0. The Kier molecular flexibility index (Phi) is 3.32. The van der Waals surface area contributed by atoms with Crippen LogP contribution in [0, 0.1) is 38.6 Å². The van der Waals surface area contributed by atoms with Crippen molar-refractivity contribution in [1.29, 1.82) is 0 Å². The fourth-order valence-electron chi connectivity index (χ4n) is 1.95. The van der Waals surface area contributed by atoms with Crippen LogP contribution in [0.15, 0.2) is 60.7 Å². The van der Waals surface area contributed by atoms with Crippen molar-refractivity contribution in [3.63, 3.8) is 0 Å². The average molecular weight is 337 g/mol. The Morgan fingerprint density at radius 1 is 0.467 bits per heavy atom. The predicted octanol–water partition coefficient (Wildman–Crippen LogP) is 3.99. The molecule has 0 saturated heterocycles. The first kappa shape index (κ1) is 11.0. The van der Waals surface area contributed by atoms with E-state index in [2.05, 4.69) is 60.7 Å². The summed E-state index contributed by atoms with van der Waals surface area (Å²) in [5.74, 6) is 0. The minimum Gasteiger partial charge on any atom is -0.0616 e. The van der Waals surface area contributed by atoms with Crippen LogP contribution in [-0.4, -0.2) is 0 Å². The van der Waals surface area contributed by atoms with Gasteiger partial charge in [0.25, 0.3) is 0 Å². The first-order valence-corrected chi connectivity index (χ1v) is 4.82. The fraction of sp³-hybridized carbons (Fsp3) is 0. The molecule has 1 heteroatoms. The second kappa shape index (κ2) is 4.54. The molecular weight excluding hydrogens is 327 g/mol. The summed E-state index contributed by atoms with van der Waals surface area (Å²) in [6.07, 6.45) is 0. The molecule has 0 aromatic heterocycles. The van der Waals surface area contributed by atoms with E-state index in [9.17, 15) is 0 Å². The van der Waals surface area contributed by atoms with Gasteiger partial charge >= 0.3 is 38.6 Å². The van der Waals surface area contributed by atoms with Crippen LogP contribution in [0.5, 0.6) is 0 Å². The molecule has 0 nitrogen and oxygen atoms in total. The molecule has 0 spiro atoms. The summed E-state index contributed by atoms with van der Waals surface area (Å²) >= 11 is 0. The van der Waals surface area contributed by atoms with E-state index in [-0.39, 0.29) is 38.6 Å². The van der Waals surface area contributed by atoms with E-state index < -0.39 is 0 Å². The molecule has 0 amide bonds. The van der Waals surface area contributed by atoms with Crippen LogP contribution in [-0.2, 0) is 0 Å². The monoisotopic (exact) mass is 337 g/mol. The third kappa shape index (κ3) is 1.91. The normalized spacial score (nSPS) is 10.1. The molecule has 0 atom stereocenters. The average Bonchev–Trinajstić information content (AvgIpc) is 2.29. The Hall–Kier alpha value is -0.534. The molecule has 0 N–H and O–H groups in total. The molecule has 3 aromatic rings. The molecule has 3 aromatic carbocycles. The van der Waals surface area contributed by atoms with Crippen LogP contribution in [0.4, 0.5) is 0 Å². The second-order valence-electron chi connectivity index (χ2n) is 3.51. The molecule has 15 heavy (non-hydrogen) atoms. The SMILES string of the molecule is [Tb+3].c1ccc2c(c1)ccc1ccccc12. The van der Waals surface area contributed by atoms with Gasteiger partial charge in [-0.15, -0.1) is 0 Å². The summed E-state index contributed by atoms with van der Waals surface area (Å²) in [6.45, 7) is 0. The number of hydrogen-bond acceptors (Lipinski definition) is 0.